The molecular weight excluding hydrogens is 328 g/mol. The van der Waals surface area contributed by atoms with Gasteiger partial charge in [-0.15, -0.1) is 0 Å². The summed E-state index contributed by atoms with van der Waals surface area (Å²) in [4.78, 5) is 19.5. The molecule has 26 heavy (non-hydrogen) atoms. The summed E-state index contributed by atoms with van der Waals surface area (Å²) in [6.07, 6.45) is 6.57. The summed E-state index contributed by atoms with van der Waals surface area (Å²) in [5.41, 5.74) is 7.30. The third kappa shape index (κ3) is 4.87. The molecule has 3 rings (SSSR count). The van der Waals surface area contributed by atoms with Crippen molar-refractivity contribution in [2.75, 3.05) is 0 Å². The molecule has 0 saturated carbocycles. The standard InChI is InChI=1S/C20H20N4O2/c21-24-20(25)26-14-16-3-1-15(2-4-16)5-7-19-8-6-18(13-23-19)17-9-11-22-12-10-17/h1-4,6,8-13H,5,7,14,21H2,(H,24,25). The van der Waals surface area contributed by atoms with E-state index in [-0.39, 0.29) is 6.61 Å². The fraction of sp³-hybridized carbons (Fsp3) is 0.150. The smallest absolute Gasteiger partial charge is 0.421 e. The number of carbonyl (C=O) groups excluding carboxylic acids is 1. The predicted octanol–water partition coefficient (Wildman–Crippen LogP) is 3.03. The molecular formula is C20H20N4O2. The molecule has 0 aliphatic heterocycles. The molecule has 0 aliphatic carbocycles. The molecule has 1 amide bonds. The molecule has 0 fully saturated rings. The lowest BCUT2D eigenvalue weighted by atomic mass is 10.0. The fourth-order valence-electron chi connectivity index (χ4n) is 2.55. The van der Waals surface area contributed by atoms with Gasteiger partial charge in [-0.2, -0.15) is 0 Å². The van der Waals surface area contributed by atoms with Crippen molar-refractivity contribution in [3.8, 4) is 11.1 Å². The van der Waals surface area contributed by atoms with Crippen LogP contribution in [0.5, 0.6) is 0 Å². The van der Waals surface area contributed by atoms with Gasteiger partial charge in [0, 0.05) is 29.8 Å². The molecule has 0 bridgehead atoms. The van der Waals surface area contributed by atoms with Crippen molar-refractivity contribution in [1.82, 2.24) is 15.4 Å². The van der Waals surface area contributed by atoms with Gasteiger partial charge in [0.2, 0.25) is 0 Å². The summed E-state index contributed by atoms with van der Waals surface area (Å²) in [6, 6.07) is 16.0. The van der Waals surface area contributed by atoms with E-state index in [2.05, 4.69) is 22.1 Å². The van der Waals surface area contributed by atoms with Crippen LogP contribution in [-0.2, 0) is 24.2 Å². The number of aryl methyl sites for hydroxylation is 2. The number of hydrazine groups is 1. The highest BCUT2D eigenvalue weighted by Crippen LogP contribution is 2.17. The molecule has 3 N–H and O–H groups in total. The van der Waals surface area contributed by atoms with Gasteiger partial charge in [0.15, 0.2) is 0 Å². The van der Waals surface area contributed by atoms with Crippen molar-refractivity contribution < 1.29 is 9.53 Å². The van der Waals surface area contributed by atoms with Crippen LogP contribution in [0.1, 0.15) is 16.8 Å². The number of hydrogen-bond acceptors (Lipinski definition) is 5. The number of carbonyl (C=O) groups is 1. The van der Waals surface area contributed by atoms with Crippen molar-refractivity contribution in [2.45, 2.75) is 19.4 Å². The first-order chi connectivity index (χ1) is 12.7. The quantitative estimate of drug-likeness (QED) is 0.406. The number of nitrogens with two attached hydrogens (primary N) is 1. The van der Waals surface area contributed by atoms with Gasteiger partial charge in [-0.1, -0.05) is 30.3 Å². The van der Waals surface area contributed by atoms with Crippen LogP contribution in [0.15, 0.2) is 67.1 Å². The van der Waals surface area contributed by atoms with Crippen LogP contribution < -0.4 is 11.3 Å². The number of hydrogen-bond donors (Lipinski definition) is 2. The summed E-state index contributed by atoms with van der Waals surface area (Å²) >= 11 is 0. The Kier molecular flexibility index (Phi) is 5.90. The Balaban J connectivity index is 1.53. The predicted molar refractivity (Wildman–Crippen MR) is 98.8 cm³/mol. The van der Waals surface area contributed by atoms with E-state index in [1.54, 1.807) is 12.4 Å². The normalized spacial score (nSPS) is 10.3. The maximum absolute atomic E-state index is 11.0. The summed E-state index contributed by atoms with van der Waals surface area (Å²) in [6.45, 7) is 0.196. The first-order valence-corrected chi connectivity index (χ1v) is 8.31. The van der Waals surface area contributed by atoms with Gasteiger partial charge in [0.25, 0.3) is 0 Å². The lowest BCUT2D eigenvalue weighted by Gasteiger charge is -2.06. The Labute approximate surface area is 152 Å². The second kappa shape index (κ2) is 8.73. The van der Waals surface area contributed by atoms with Gasteiger partial charge in [-0.25, -0.2) is 10.6 Å². The van der Waals surface area contributed by atoms with E-state index in [0.29, 0.717) is 0 Å². The molecule has 3 aromatic rings. The van der Waals surface area contributed by atoms with Crippen LogP contribution in [0, 0.1) is 0 Å². The van der Waals surface area contributed by atoms with E-state index in [1.165, 1.54) is 5.56 Å². The SMILES string of the molecule is NNC(=O)OCc1ccc(CCc2ccc(-c3ccncc3)cn2)cc1. The molecule has 2 aromatic heterocycles. The van der Waals surface area contributed by atoms with E-state index < -0.39 is 6.09 Å². The van der Waals surface area contributed by atoms with E-state index in [1.807, 2.05) is 48.0 Å². The van der Waals surface area contributed by atoms with Gasteiger partial charge >= 0.3 is 6.09 Å². The Hall–Kier alpha value is -3.25. The minimum Gasteiger partial charge on any atom is -0.444 e. The highest BCUT2D eigenvalue weighted by atomic mass is 16.5. The largest absolute Gasteiger partial charge is 0.444 e. The fourth-order valence-corrected chi connectivity index (χ4v) is 2.55. The second-order valence-electron chi connectivity index (χ2n) is 5.81. The Morgan fingerprint density at radius 2 is 1.65 bits per heavy atom. The zero-order valence-electron chi connectivity index (χ0n) is 14.3. The third-order valence-electron chi connectivity index (χ3n) is 4.02. The third-order valence-corrected chi connectivity index (χ3v) is 4.02. The van der Waals surface area contributed by atoms with Gasteiger partial charge < -0.3 is 4.74 Å². The molecule has 0 radical (unpaired) electrons. The number of aromatic nitrogens is 2. The highest BCUT2D eigenvalue weighted by Gasteiger charge is 2.02. The van der Waals surface area contributed by atoms with E-state index in [9.17, 15) is 4.79 Å². The number of ether oxygens (including phenoxy) is 1. The number of rotatable bonds is 6. The molecule has 1 aromatic carbocycles. The van der Waals surface area contributed by atoms with E-state index in [0.717, 1.165) is 35.2 Å². The van der Waals surface area contributed by atoms with Gasteiger partial charge in [-0.05, 0) is 47.7 Å². The maximum atomic E-state index is 11.0. The number of pyridine rings is 2. The van der Waals surface area contributed by atoms with E-state index >= 15 is 0 Å². The molecule has 6 nitrogen and oxygen atoms in total. The first kappa shape index (κ1) is 17.6. The number of nitrogens with zero attached hydrogens (tertiary/aromatic N) is 2. The molecule has 6 heteroatoms. The van der Waals surface area contributed by atoms with Crippen LogP contribution in [-0.4, -0.2) is 16.1 Å². The van der Waals surface area contributed by atoms with Crippen LogP contribution in [0.3, 0.4) is 0 Å². The topological polar surface area (TPSA) is 90.1 Å². The average Bonchev–Trinajstić information content (AvgIpc) is 2.72. The molecule has 0 spiro atoms. The van der Waals surface area contributed by atoms with Crippen LogP contribution in [0.2, 0.25) is 0 Å². The average molecular weight is 348 g/mol. The zero-order chi connectivity index (χ0) is 18.2. The minimum absolute atomic E-state index is 0.196. The summed E-state index contributed by atoms with van der Waals surface area (Å²) in [5, 5.41) is 0. The minimum atomic E-state index is -0.643. The zero-order valence-corrected chi connectivity index (χ0v) is 14.3. The molecule has 2 heterocycles. The van der Waals surface area contributed by atoms with Gasteiger partial charge in [0.05, 0.1) is 0 Å². The maximum Gasteiger partial charge on any atom is 0.421 e. The van der Waals surface area contributed by atoms with Gasteiger partial charge in [-0.3, -0.25) is 15.4 Å². The lowest BCUT2D eigenvalue weighted by molar-refractivity contribution is 0.140. The number of nitrogens with one attached hydrogen (secondary N) is 1. The second-order valence-corrected chi connectivity index (χ2v) is 5.81. The molecule has 0 atom stereocenters. The Morgan fingerprint density at radius 3 is 2.31 bits per heavy atom. The van der Waals surface area contributed by atoms with E-state index in [4.69, 9.17) is 10.6 Å². The summed E-state index contributed by atoms with van der Waals surface area (Å²) < 4.78 is 4.91. The number of benzene rings is 1. The van der Waals surface area contributed by atoms with Crippen LogP contribution >= 0.6 is 0 Å². The van der Waals surface area contributed by atoms with Crippen LogP contribution in [0.25, 0.3) is 11.1 Å². The number of amides is 1. The lowest BCUT2D eigenvalue weighted by Crippen LogP contribution is -2.30. The van der Waals surface area contributed by atoms with Crippen LogP contribution in [0.4, 0.5) is 4.79 Å². The molecule has 0 unspecified atom stereocenters. The highest BCUT2D eigenvalue weighted by molar-refractivity contribution is 5.66. The molecule has 0 aliphatic rings. The van der Waals surface area contributed by atoms with Gasteiger partial charge in [0.1, 0.15) is 6.61 Å². The van der Waals surface area contributed by atoms with Crippen molar-refractivity contribution in [1.29, 1.82) is 0 Å². The van der Waals surface area contributed by atoms with Crippen molar-refractivity contribution >= 4 is 6.09 Å². The van der Waals surface area contributed by atoms with Crippen molar-refractivity contribution in [2.24, 2.45) is 5.84 Å². The first-order valence-electron chi connectivity index (χ1n) is 8.31. The molecule has 132 valence electrons. The van der Waals surface area contributed by atoms with Crippen molar-refractivity contribution in [3.05, 3.63) is 83.9 Å². The Bertz CT molecular complexity index is 834. The Morgan fingerprint density at radius 1 is 0.923 bits per heavy atom. The monoisotopic (exact) mass is 348 g/mol. The summed E-state index contributed by atoms with van der Waals surface area (Å²) in [5.74, 6) is 4.96. The summed E-state index contributed by atoms with van der Waals surface area (Å²) in [7, 11) is 0. The molecule has 0 saturated heterocycles. The van der Waals surface area contributed by atoms with Crippen molar-refractivity contribution in [3.63, 3.8) is 0 Å².